The Morgan fingerprint density at radius 1 is 0.854 bits per heavy atom. The van der Waals surface area contributed by atoms with Crippen molar-refractivity contribution in [1.29, 1.82) is 0 Å². The summed E-state index contributed by atoms with van der Waals surface area (Å²) in [5.41, 5.74) is -2.26. The number of carboxylic acid groups (broad SMARTS) is 1. The maximum atomic E-state index is 14.2. The predicted octanol–water partition coefficient (Wildman–Crippen LogP) is 8.36. The lowest BCUT2D eigenvalue weighted by molar-refractivity contribution is -0.138. The number of hydrogen-bond donors (Lipinski definition) is 1. The van der Waals surface area contributed by atoms with Crippen molar-refractivity contribution in [3.63, 3.8) is 0 Å². The van der Waals surface area contributed by atoms with Crippen molar-refractivity contribution >= 4 is 63.1 Å². The summed E-state index contributed by atoms with van der Waals surface area (Å²) < 4.78 is 124. The van der Waals surface area contributed by atoms with Crippen molar-refractivity contribution in [3.8, 4) is 0 Å². The number of carbonyl (C=O) groups is 2. The number of nitrogens with zero attached hydrogens (tertiary/aromatic N) is 1. The Kier molecular flexibility index (Phi) is 14.5. The van der Waals surface area contributed by atoms with Gasteiger partial charge in [-0.15, -0.1) is 0 Å². The molecule has 2 unspecified atom stereocenters. The molecule has 0 bridgehead atoms. The lowest BCUT2D eigenvalue weighted by Gasteiger charge is -2.19. The van der Waals surface area contributed by atoms with Crippen molar-refractivity contribution in [2.45, 2.75) is 35.9 Å². The van der Waals surface area contributed by atoms with E-state index in [1.807, 2.05) is 0 Å². The summed E-state index contributed by atoms with van der Waals surface area (Å²) in [5.74, 6) is -2.34. The van der Waals surface area contributed by atoms with E-state index in [1.165, 1.54) is 0 Å². The highest BCUT2D eigenvalue weighted by atomic mass is 35.5. The normalized spacial score (nSPS) is 13.3. The monoisotopic (exact) mass is 769 g/mol. The molecule has 3 aromatic carbocycles. The molecule has 3 aromatic rings. The molecule has 3 rings (SSSR count). The zero-order valence-electron chi connectivity index (χ0n) is 23.9. The van der Waals surface area contributed by atoms with Crippen LogP contribution in [0.15, 0.2) is 70.7 Å². The molecule has 0 spiro atoms. The zero-order valence-corrected chi connectivity index (χ0v) is 26.9. The van der Waals surface area contributed by atoms with Gasteiger partial charge in [0.15, 0.2) is 0 Å². The Morgan fingerprint density at radius 3 is 1.79 bits per heavy atom. The molecule has 262 valence electrons. The van der Waals surface area contributed by atoms with E-state index in [9.17, 15) is 48.7 Å². The van der Waals surface area contributed by atoms with E-state index in [1.54, 1.807) is 0 Å². The average Bonchev–Trinajstić information content (AvgIpc) is 2.99. The maximum absolute atomic E-state index is 14.2. The van der Waals surface area contributed by atoms with Crippen molar-refractivity contribution in [2.24, 2.45) is 5.16 Å². The second-order valence-corrected chi connectivity index (χ2v) is 11.9. The quantitative estimate of drug-likeness (QED) is 0.0515. The van der Waals surface area contributed by atoms with Crippen LogP contribution in [0.5, 0.6) is 0 Å². The number of carbonyl (C=O) groups excluding carboxylic acids is 1. The van der Waals surface area contributed by atoms with Crippen molar-refractivity contribution < 1.29 is 67.6 Å². The van der Waals surface area contributed by atoms with Crippen LogP contribution in [0.25, 0.3) is 0 Å². The minimum absolute atomic E-state index is 0.0303. The standard InChI is InChI=1S/C20H16Cl3F4NO6S.C8H5F3O2/c1-32-28-9-13(24)6-14(34-35(30,31)18-8-16(22)15(21)7-17(18)23)10-33-19(29)11-2-4-12(5-3-11)20(25,26)27;9-8(10,11)6-3-1-5(2-4-6)7(12)13/h2-5,7-9,13-14H,6,10H2,1H3;1-4H,(H,12,13)/b28-9+;. The molecular formula is C28H21Cl3F7NO8S. The van der Waals surface area contributed by atoms with Crippen molar-refractivity contribution in [2.75, 3.05) is 13.7 Å². The first-order valence-corrected chi connectivity index (χ1v) is 15.2. The lowest BCUT2D eigenvalue weighted by Crippen LogP contribution is -2.29. The molecule has 0 saturated heterocycles. The summed E-state index contributed by atoms with van der Waals surface area (Å²) in [6.45, 7) is -0.792. The third-order valence-electron chi connectivity index (χ3n) is 5.63. The topological polar surface area (TPSA) is 129 Å². The second kappa shape index (κ2) is 17.1. The van der Waals surface area contributed by atoms with Gasteiger partial charge in [0, 0.05) is 6.42 Å². The highest BCUT2D eigenvalue weighted by molar-refractivity contribution is 7.87. The molecule has 20 heteroatoms. The third-order valence-corrected chi connectivity index (χ3v) is 8.18. The van der Waals surface area contributed by atoms with Gasteiger partial charge in [0.1, 0.15) is 30.9 Å². The van der Waals surface area contributed by atoms with Gasteiger partial charge in [0.2, 0.25) is 0 Å². The Hall–Kier alpha value is -3.64. The van der Waals surface area contributed by atoms with E-state index in [0.717, 1.165) is 55.6 Å². The summed E-state index contributed by atoms with van der Waals surface area (Å²) in [7, 11) is -3.51. The molecule has 48 heavy (non-hydrogen) atoms. The first kappa shape index (κ1) is 40.5. The van der Waals surface area contributed by atoms with Crippen LogP contribution in [0, 0.1) is 0 Å². The van der Waals surface area contributed by atoms with Crippen molar-refractivity contribution in [3.05, 3.63) is 98.0 Å². The molecule has 0 aliphatic heterocycles. The highest BCUT2D eigenvalue weighted by Crippen LogP contribution is 2.34. The predicted molar refractivity (Wildman–Crippen MR) is 159 cm³/mol. The first-order chi connectivity index (χ1) is 22.1. The fraction of sp³-hybridized carbons (Fsp3) is 0.250. The molecule has 0 aromatic heterocycles. The summed E-state index contributed by atoms with van der Waals surface area (Å²) in [6.07, 6.45) is -12.5. The van der Waals surface area contributed by atoms with E-state index < -0.39 is 75.7 Å². The van der Waals surface area contributed by atoms with Crippen LogP contribution in [0.1, 0.15) is 38.3 Å². The maximum Gasteiger partial charge on any atom is 0.416 e. The minimum Gasteiger partial charge on any atom is -0.478 e. The van der Waals surface area contributed by atoms with Crippen LogP contribution in [-0.2, 0) is 36.2 Å². The van der Waals surface area contributed by atoms with Crippen LogP contribution in [0.2, 0.25) is 15.1 Å². The highest BCUT2D eigenvalue weighted by Gasteiger charge is 2.32. The number of carboxylic acids is 1. The number of aromatic carboxylic acids is 1. The van der Waals surface area contributed by atoms with Crippen LogP contribution >= 0.6 is 34.8 Å². The van der Waals surface area contributed by atoms with E-state index in [0.29, 0.717) is 18.3 Å². The van der Waals surface area contributed by atoms with Gasteiger partial charge in [-0.25, -0.2) is 14.0 Å². The molecule has 0 saturated carbocycles. The number of rotatable bonds is 11. The number of halogens is 10. The Morgan fingerprint density at radius 2 is 1.33 bits per heavy atom. The lowest BCUT2D eigenvalue weighted by atomic mass is 10.1. The van der Waals surface area contributed by atoms with Crippen molar-refractivity contribution in [1.82, 2.24) is 0 Å². The number of ether oxygens (including phenoxy) is 1. The SMILES string of the molecule is CO/N=C/C(F)CC(COC(=O)c1ccc(C(F)(F)F)cc1)OS(=O)(=O)c1cc(Cl)c(Cl)cc1Cl.O=C(O)c1ccc(C(F)(F)F)cc1. The molecule has 1 N–H and O–H groups in total. The summed E-state index contributed by atoms with van der Waals surface area (Å²) in [5, 5.41) is 11.1. The summed E-state index contributed by atoms with van der Waals surface area (Å²) in [6, 6.07) is 8.38. The molecule has 0 radical (unpaired) electrons. The zero-order chi connectivity index (χ0) is 36.4. The van der Waals surface area contributed by atoms with Gasteiger partial charge in [0.25, 0.3) is 10.1 Å². The average molecular weight is 771 g/mol. The van der Waals surface area contributed by atoms with E-state index >= 15 is 0 Å². The van der Waals surface area contributed by atoms with E-state index in [-0.39, 0.29) is 26.2 Å². The minimum atomic E-state index is -4.66. The van der Waals surface area contributed by atoms with Gasteiger partial charge in [-0.1, -0.05) is 40.0 Å². The number of esters is 1. The number of alkyl halides is 7. The van der Waals surface area contributed by atoms with Gasteiger partial charge in [0.05, 0.1) is 43.5 Å². The number of hydrogen-bond acceptors (Lipinski definition) is 8. The summed E-state index contributed by atoms with van der Waals surface area (Å²) in [4.78, 5) is 26.3. The van der Waals surface area contributed by atoms with Gasteiger partial charge in [-0.3, -0.25) is 4.18 Å². The number of oxime groups is 1. The van der Waals surface area contributed by atoms with Crippen LogP contribution < -0.4 is 0 Å². The van der Waals surface area contributed by atoms with Crippen LogP contribution in [0.4, 0.5) is 30.7 Å². The molecule has 0 aliphatic rings. The van der Waals surface area contributed by atoms with Crippen LogP contribution in [-0.4, -0.2) is 57.7 Å². The molecule has 9 nitrogen and oxygen atoms in total. The smallest absolute Gasteiger partial charge is 0.416 e. The summed E-state index contributed by atoms with van der Waals surface area (Å²) >= 11 is 17.5. The molecule has 2 atom stereocenters. The van der Waals surface area contributed by atoms with Gasteiger partial charge < -0.3 is 14.7 Å². The van der Waals surface area contributed by atoms with Gasteiger partial charge >= 0.3 is 24.3 Å². The van der Waals surface area contributed by atoms with E-state index in [2.05, 4.69) is 9.99 Å². The molecular weight excluding hydrogens is 750 g/mol. The fourth-order valence-electron chi connectivity index (χ4n) is 3.35. The Balaban J connectivity index is 0.000000513. The third kappa shape index (κ3) is 12.4. The second-order valence-electron chi connectivity index (χ2n) is 9.11. The largest absolute Gasteiger partial charge is 0.478 e. The molecule has 0 amide bonds. The molecule has 0 fully saturated rings. The van der Waals surface area contributed by atoms with Gasteiger partial charge in [-0.05, 0) is 60.7 Å². The van der Waals surface area contributed by atoms with Gasteiger partial charge in [-0.2, -0.15) is 34.8 Å². The molecule has 0 aliphatic carbocycles. The Labute approximate surface area is 282 Å². The van der Waals surface area contributed by atoms with Crippen LogP contribution in [0.3, 0.4) is 0 Å². The Bertz CT molecular complexity index is 1700. The number of benzene rings is 3. The van der Waals surface area contributed by atoms with E-state index in [4.69, 9.17) is 48.8 Å². The fourth-order valence-corrected chi connectivity index (χ4v) is 5.40. The first-order valence-electron chi connectivity index (χ1n) is 12.7. The molecule has 0 heterocycles.